The molecule has 3 amide bonds. The minimum absolute atomic E-state index is 0.0752. The van der Waals surface area contributed by atoms with Gasteiger partial charge in [0.15, 0.2) is 0 Å². The Bertz CT molecular complexity index is 1500. The number of carbonyl (C=O) groups is 4. The molecule has 0 bridgehead atoms. The Balaban J connectivity index is 1.24. The Hall–Kier alpha value is -3.91. The average Bonchev–Trinajstić information content (AvgIpc) is 3.40. The Morgan fingerprint density at radius 3 is 2.52 bits per heavy atom. The summed E-state index contributed by atoms with van der Waals surface area (Å²) in [7, 11) is 0. The molecule has 234 valence electrons. The predicted molar refractivity (Wildman–Crippen MR) is 165 cm³/mol. The molecule has 3 aliphatic rings. The van der Waals surface area contributed by atoms with Gasteiger partial charge in [-0.25, -0.2) is 9.59 Å². The van der Waals surface area contributed by atoms with Gasteiger partial charge in [0.2, 0.25) is 5.91 Å². The number of rotatable bonds is 8. The Kier molecular flexibility index (Phi) is 9.02. The van der Waals surface area contributed by atoms with E-state index in [0.29, 0.717) is 21.9 Å². The van der Waals surface area contributed by atoms with Crippen LogP contribution in [0.25, 0.3) is 0 Å². The van der Waals surface area contributed by atoms with E-state index in [2.05, 4.69) is 5.32 Å². The number of fused-ring (bicyclic) bond motifs is 2. The molecular formula is C30H34N4O8S2. The topological polar surface area (TPSA) is 148 Å². The summed E-state index contributed by atoms with van der Waals surface area (Å²) < 4.78 is 11.1. The monoisotopic (exact) mass is 642 g/mol. The molecule has 2 aliphatic heterocycles. The molecule has 5 rings (SSSR count). The molecule has 1 aromatic carbocycles. The van der Waals surface area contributed by atoms with Gasteiger partial charge in [-0.3, -0.25) is 29.5 Å². The van der Waals surface area contributed by atoms with Crippen LogP contribution in [0.3, 0.4) is 0 Å². The first kappa shape index (κ1) is 31.5. The van der Waals surface area contributed by atoms with Gasteiger partial charge in [0.05, 0.1) is 4.92 Å². The Labute approximate surface area is 262 Å². The zero-order valence-corrected chi connectivity index (χ0v) is 26.5. The summed E-state index contributed by atoms with van der Waals surface area (Å²) >= 11 is 2.90. The number of non-ortho nitro benzene ring substituents is 1. The largest absolute Gasteiger partial charge is 0.456 e. The molecule has 1 saturated heterocycles. The summed E-state index contributed by atoms with van der Waals surface area (Å²) in [5, 5.41) is 13.8. The second-order valence-electron chi connectivity index (χ2n) is 11.9. The number of esters is 1. The van der Waals surface area contributed by atoms with Crippen LogP contribution in [0.5, 0.6) is 0 Å². The number of nitrogens with zero attached hydrogens (tertiary/aromatic N) is 3. The van der Waals surface area contributed by atoms with Crippen LogP contribution in [0.4, 0.5) is 15.5 Å². The van der Waals surface area contributed by atoms with Crippen molar-refractivity contribution in [3.05, 3.63) is 67.7 Å². The highest BCUT2D eigenvalue weighted by atomic mass is 32.2. The van der Waals surface area contributed by atoms with Gasteiger partial charge in [-0.15, -0.1) is 23.1 Å². The van der Waals surface area contributed by atoms with Crippen molar-refractivity contribution in [1.82, 2.24) is 10.2 Å². The van der Waals surface area contributed by atoms with Crippen LogP contribution < -0.4 is 10.2 Å². The number of nitro groups is 1. The lowest BCUT2D eigenvalue weighted by Crippen LogP contribution is -2.71. The zero-order valence-electron chi connectivity index (χ0n) is 24.9. The molecule has 12 nitrogen and oxygen atoms in total. The molecular weight excluding hydrogens is 608 g/mol. The lowest BCUT2D eigenvalue weighted by atomic mass is 9.99. The molecule has 0 spiro atoms. The number of carbonyl (C=O) groups excluding carboxylic acids is 4. The summed E-state index contributed by atoms with van der Waals surface area (Å²) in [5.41, 5.74) is 1.70. The van der Waals surface area contributed by atoms with Crippen molar-refractivity contribution in [2.45, 2.75) is 77.0 Å². The molecule has 0 radical (unpaired) electrons. The van der Waals surface area contributed by atoms with E-state index in [-0.39, 0.29) is 24.5 Å². The van der Waals surface area contributed by atoms with Crippen LogP contribution in [-0.2, 0) is 43.3 Å². The molecule has 2 atom stereocenters. The summed E-state index contributed by atoms with van der Waals surface area (Å²) in [6, 6.07) is 6.71. The molecule has 2 aromatic rings. The first-order valence-corrected chi connectivity index (χ1v) is 16.2. The lowest BCUT2D eigenvalue weighted by molar-refractivity contribution is -0.384. The van der Waals surface area contributed by atoms with Crippen LogP contribution in [-0.4, -0.2) is 63.0 Å². The van der Waals surface area contributed by atoms with Gasteiger partial charge in [0.1, 0.15) is 40.9 Å². The van der Waals surface area contributed by atoms with Crippen molar-refractivity contribution >= 4 is 57.7 Å². The maximum atomic E-state index is 13.3. The highest BCUT2D eigenvalue weighted by molar-refractivity contribution is 8.00. The van der Waals surface area contributed by atoms with Crippen LogP contribution >= 0.6 is 23.1 Å². The third kappa shape index (κ3) is 6.75. The molecule has 1 N–H and O–H groups in total. The first-order chi connectivity index (χ1) is 20.8. The predicted octanol–water partition coefficient (Wildman–Crippen LogP) is 4.69. The van der Waals surface area contributed by atoms with Crippen LogP contribution in [0.1, 0.15) is 56.5 Å². The molecule has 44 heavy (non-hydrogen) atoms. The van der Waals surface area contributed by atoms with Gasteiger partial charge in [0, 0.05) is 22.8 Å². The number of β-lactam (4-membered cyclic amide) rings is 1. The van der Waals surface area contributed by atoms with Gasteiger partial charge in [-0.2, -0.15) is 0 Å². The normalized spacial score (nSPS) is 19.4. The maximum absolute atomic E-state index is 13.3. The molecule has 3 heterocycles. The number of thiophene rings is 1. The molecule has 1 aliphatic carbocycles. The number of benzene rings is 1. The smallest absolute Gasteiger partial charge is 0.415 e. The van der Waals surface area contributed by atoms with Gasteiger partial charge >= 0.3 is 12.1 Å². The number of hydrogen-bond donors (Lipinski definition) is 1. The second-order valence-corrected chi connectivity index (χ2v) is 14.1. The number of thioether (sulfide) groups is 1. The number of nitro benzene ring substituents is 1. The minimum atomic E-state index is -0.880. The summed E-state index contributed by atoms with van der Waals surface area (Å²) in [6.45, 7) is 6.57. The SMILES string of the molecule is CC1=C(C(=O)OCc2ccc([N+](=O)[O-])cc2)N2C(=O)C(NC(=O)CN(C(=O)OC(C)(C)C)c3cc4c(s3)CCCC4)[C@@H]2SC1. The van der Waals surface area contributed by atoms with E-state index in [9.17, 15) is 29.3 Å². The summed E-state index contributed by atoms with van der Waals surface area (Å²) in [6.07, 6.45) is 3.38. The Morgan fingerprint density at radius 1 is 1.16 bits per heavy atom. The molecule has 0 saturated carbocycles. The lowest BCUT2D eigenvalue weighted by Gasteiger charge is -2.49. The van der Waals surface area contributed by atoms with E-state index in [4.69, 9.17) is 9.47 Å². The van der Waals surface area contributed by atoms with E-state index >= 15 is 0 Å². The number of hydrogen-bond acceptors (Lipinski definition) is 10. The fraction of sp³-hybridized carbons (Fsp3) is 0.467. The fourth-order valence-electron chi connectivity index (χ4n) is 5.21. The third-order valence-electron chi connectivity index (χ3n) is 7.35. The van der Waals surface area contributed by atoms with Gasteiger partial charge in [-0.05, 0) is 88.3 Å². The minimum Gasteiger partial charge on any atom is -0.456 e. The first-order valence-electron chi connectivity index (χ1n) is 14.3. The standard InChI is InChI=1S/C30H34N4O8S2/c1-17-16-43-27-24(26(36)33(27)25(17)28(37)41-15-18-9-11-20(12-10-18)34(39)40)31-22(35)14-32(29(38)42-30(2,3)4)23-13-19-7-5-6-8-21(19)44-23/h9-13,24,27H,5-8,14-16H2,1-4H3,(H,31,35)/t24?,27-/m0/s1. The van der Waals surface area contributed by atoms with Gasteiger partial charge < -0.3 is 14.8 Å². The summed E-state index contributed by atoms with van der Waals surface area (Å²) in [4.78, 5) is 67.0. The zero-order chi connectivity index (χ0) is 31.8. The van der Waals surface area contributed by atoms with Crippen LogP contribution in [0.15, 0.2) is 41.6 Å². The number of ether oxygens (including phenoxy) is 2. The summed E-state index contributed by atoms with van der Waals surface area (Å²) in [5.74, 6) is -1.21. The van der Waals surface area contributed by atoms with Crippen molar-refractivity contribution in [2.75, 3.05) is 17.2 Å². The number of amides is 3. The van der Waals surface area contributed by atoms with Crippen molar-refractivity contribution < 1.29 is 33.6 Å². The van der Waals surface area contributed by atoms with Gasteiger partial charge in [0.25, 0.3) is 11.6 Å². The van der Waals surface area contributed by atoms with Crippen molar-refractivity contribution in [2.24, 2.45) is 0 Å². The Morgan fingerprint density at radius 2 is 1.86 bits per heavy atom. The molecule has 1 fully saturated rings. The van der Waals surface area contributed by atoms with Crippen LogP contribution in [0, 0.1) is 10.1 Å². The van der Waals surface area contributed by atoms with E-state index in [1.165, 1.54) is 67.6 Å². The van der Waals surface area contributed by atoms with E-state index < -0.39 is 45.8 Å². The van der Waals surface area contributed by atoms with Crippen molar-refractivity contribution in [3.8, 4) is 0 Å². The highest BCUT2D eigenvalue weighted by Crippen LogP contribution is 2.41. The number of anilines is 1. The van der Waals surface area contributed by atoms with E-state index in [0.717, 1.165) is 25.7 Å². The molecule has 14 heteroatoms. The molecule has 1 unspecified atom stereocenters. The average molecular weight is 643 g/mol. The van der Waals surface area contributed by atoms with E-state index in [1.807, 2.05) is 6.07 Å². The maximum Gasteiger partial charge on any atom is 0.415 e. The number of aryl methyl sites for hydroxylation is 2. The third-order valence-corrected chi connectivity index (χ3v) is 10.0. The van der Waals surface area contributed by atoms with Gasteiger partial charge in [-0.1, -0.05) is 0 Å². The number of nitrogens with one attached hydrogen (secondary N) is 1. The van der Waals surface area contributed by atoms with Crippen molar-refractivity contribution in [3.63, 3.8) is 0 Å². The molecule has 1 aromatic heterocycles. The van der Waals surface area contributed by atoms with Crippen LogP contribution in [0.2, 0.25) is 0 Å². The van der Waals surface area contributed by atoms with E-state index in [1.54, 1.807) is 27.7 Å². The highest BCUT2D eigenvalue weighted by Gasteiger charge is 2.54. The fourth-order valence-corrected chi connectivity index (χ4v) is 7.75. The van der Waals surface area contributed by atoms with Crippen molar-refractivity contribution in [1.29, 1.82) is 0 Å². The quantitative estimate of drug-likeness (QED) is 0.187. The second kappa shape index (κ2) is 12.6.